The molecule has 6 heteroatoms. The monoisotopic (exact) mass is 486 g/mol. The zero-order valence-corrected chi connectivity index (χ0v) is 20.7. The molecule has 4 aromatic rings. The third kappa shape index (κ3) is 5.48. The van der Waals surface area contributed by atoms with Crippen molar-refractivity contribution < 1.29 is 14.3 Å². The number of hydrogen-bond donors (Lipinski definition) is 1. The van der Waals surface area contributed by atoms with Crippen molar-refractivity contribution in [3.8, 4) is 11.1 Å². The average Bonchev–Trinajstić information content (AvgIpc) is 3.13. The summed E-state index contributed by atoms with van der Waals surface area (Å²) in [6, 6.07) is 24.0. The van der Waals surface area contributed by atoms with E-state index in [1.165, 1.54) is 0 Å². The number of aromatic nitrogens is 2. The van der Waals surface area contributed by atoms with E-state index in [4.69, 9.17) is 0 Å². The Labute approximate surface area is 210 Å². The van der Waals surface area contributed by atoms with Gasteiger partial charge in [-0.2, -0.15) is 0 Å². The van der Waals surface area contributed by atoms with Crippen molar-refractivity contribution in [3.63, 3.8) is 0 Å². The van der Waals surface area contributed by atoms with Crippen LogP contribution < -0.4 is 5.69 Å². The maximum absolute atomic E-state index is 14.3. The summed E-state index contributed by atoms with van der Waals surface area (Å²) in [6.45, 7) is 4.18. The number of nitrogens with zero attached hydrogens (tertiary/aromatic N) is 2. The molecule has 36 heavy (non-hydrogen) atoms. The fourth-order valence-corrected chi connectivity index (χ4v) is 4.53. The highest BCUT2D eigenvalue weighted by Crippen LogP contribution is 2.25. The number of aromatic carboxylic acids is 1. The molecule has 3 aromatic carbocycles. The second kappa shape index (κ2) is 11.2. The third-order valence-corrected chi connectivity index (χ3v) is 6.48. The summed E-state index contributed by atoms with van der Waals surface area (Å²) in [7, 11) is 0. The molecule has 1 heterocycles. The number of carboxylic acids is 1. The van der Waals surface area contributed by atoms with Crippen LogP contribution in [0.5, 0.6) is 0 Å². The lowest BCUT2D eigenvalue weighted by Crippen LogP contribution is -2.26. The van der Waals surface area contributed by atoms with Crippen molar-refractivity contribution in [1.82, 2.24) is 9.13 Å². The molecule has 0 aliphatic carbocycles. The highest BCUT2D eigenvalue weighted by atomic mass is 19.1. The van der Waals surface area contributed by atoms with Gasteiger partial charge < -0.3 is 5.11 Å². The predicted octanol–water partition coefficient (Wildman–Crippen LogP) is 6.17. The van der Waals surface area contributed by atoms with Crippen LogP contribution in [0, 0.1) is 5.92 Å². The normalized spacial score (nSPS) is 11.2. The van der Waals surface area contributed by atoms with Gasteiger partial charge in [-0.3, -0.25) is 9.13 Å². The maximum atomic E-state index is 14.3. The lowest BCUT2D eigenvalue weighted by molar-refractivity contribution is 0.0697. The Morgan fingerprint density at radius 2 is 1.42 bits per heavy atom. The van der Waals surface area contributed by atoms with E-state index in [0.29, 0.717) is 36.7 Å². The molecule has 0 spiro atoms. The Kier molecular flexibility index (Phi) is 7.84. The molecule has 0 atom stereocenters. The van der Waals surface area contributed by atoms with Crippen LogP contribution >= 0.6 is 0 Å². The molecule has 1 N–H and O–H groups in total. The average molecular weight is 487 g/mol. The summed E-state index contributed by atoms with van der Waals surface area (Å²) in [4.78, 5) is 25.1. The van der Waals surface area contributed by atoms with Gasteiger partial charge in [0.05, 0.1) is 24.3 Å². The van der Waals surface area contributed by atoms with E-state index in [1.54, 1.807) is 27.3 Å². The molecule has 0 aliphatic rings. The summed E-state index contributed by atoms with van der Waals surface area (Å²) >= 11 is 0. The second-order valence-electron chi connectivity index (χ2n) is 9.45. The lowest BCUT2D eigenvalue weighted by Gasteiger charge is -2.12. The van der Waals surface area contributed by atoms with Gasteiger partial charge in [0.25, 0.3) is 0 Å². The highest BCUT2D eigenvalue weighted by molar-refractivity contribution is 5.95. The maximum Gasteiger partial charge on any atom is 0.336 e. The van der Waals surface area contributed by atoms with Crippen LogP contribution in [0.3, 0.4) is 0 Å². The van der Waals surface area contributed by atoms with E-state index in [1.807, 2.05) is 60.7 Å². The third-order valence-electron chi connectivity index (χ3n) is 6.48. The first-order chi connectivity index (χ1) is 17.4. The summed E-state index contributed by atoms with van der Waals surface area (Å²) < 4.78 is 17.6. The Bertz CT molecular complexity index is 1390. The van der Waals surface area contributed by atoms with Crippen molar-refractivity contribution in [2.75, 3.05) is 0 Å². The quantitative estimate of drug-likeness (QED) is 0.292. The van der Waals surface area contributed by atoms with Gasteiger partial charge in [0.1, 0.15) is 6.67 Å². The van der Waals surface area contributed by atoms with Crippen molar-refractivity contribution in [2.45, 2.75) is 46.5 Å². The summed E-state index contributed by atoms with van der Waals surface area (Å²) in [6.07, 6.45) is 1.48. The van der Waals surface area contributed by atoms with Gasteiger partial charge in [0, 0.05) is 5.69 Å². The van der Waals surface area contributed by atoms with Gasteiger partial charge in [-0.05, 0) is 47.1 Å². The van der Waals surface area contributed by atoms with Crippen molar-refractivity contribution in [2.24, 2.45) is 5.92 Å². The van der Waals surface area contributed by atoms with E-state index in [2.05, 4.69) is 13.8 Å². The molecule has 0 amide bonds. The first kappa shape index (κ1) is 25.2. The van der Waals surface area contributed by atoms with Crippen molar-refractivity contribution >= 4 is 5.97 Å². The van der Waals surface area contributed by atoms with Gasteiger partial charge in [-0.15, -0.1) is 0 Å². The molecule has 0 aliphatic heterocycles. The minimum Gasteiger partial charge on any atom is -0.478 e. The van der Waals surface area contributed by atoms with E-state index in [-0.39, 0.29) is 11.3 Å². The Morgan fingerprint density at radius 3 is 2.03 bits per heavy atom. The summed E-state index contributed by atoms with van der Waals surface area (Å²) in [5, 5.41) is 9.51. The highest BCUT2D eigenvalue weighted by Gasteiger charge is 2.20. The number of benzene rings is 3. The fraction of sp³-hybridized carbons (Fsp3) is 0.267. The minimum atomic E-state index is -0.977. The first-order valence-electron chi connectivity index (χ1n) is 12.2. The number of carboxylic acid groups (broad SMARTS) is 1. The standard InChI is InChI=1S/C30H31FN2O3/c1-21(2)12-17-27-28(18-31)33(19-22-8-4-3-5-9-22)30(36)32(27)20-23-13-15-24(16-14-23)25-10-6-7-11-26(25)29(34)35/h3-11,13-16,21H,12,17-20H2,1-2H3,(H,34,35). The van der Waals surface area contributed by atoms with Crippen LogP contribution in [0.15, 0.2) is 83.7 Å². The molecule has 0 radical (unpaired) electrons. The van der Waals surface area contributed by atoms with Crippen LogP contribution in [-0.2, 0) is 26.2 Å². The molecular formula is C30H31FN2O3. The van der Waals surface area contributed by atoms with E-state index >= 15 is 0 Å². The zero-order chi connectivity index (χ0) is 25.7. The number of imidazole rings is 1. The summed E-state index contributed by atoms with van der Waals surface area (Å²) in [5.74, 6) is -0.554. The van der Waals surface area contributed by atoms with Gasteiger partial charge in [-0.1, -0.05) is 86.6 Å². The molecule has 0 saturated heterocycles. The van der Waals surface area contributed by atoms with Gasteiger partial charge in [0.2, 0.25) is 0 Å². The largest absolute Gasteiger partial charge is 0.478 e. The van der Waals surface area contributed by atoms with Crippen LogP contribution in [0.2, 0.25) is 0 Å². The fourth-order valence-electron chi connectivity index (χ4n) is 4.53. The van der Waals surface area contributed by atoms with Crippen LogP contribution in [-0.4, -0.2) is 20.2 Å². The second-order valence-corrected chi connectivity index (χ2v) is 9.45. The van der Waals surface area contributed by atoms with E-state index in [0.717, 1.165) is 28.8 Å². The topological polar surface area (TPSA) is 64.2 Å². The Balaban J connectivity index is 1.70. The molecule has 186 valence electrons. The zero-order valence-electron chi connectivity index (χ0n) is 20.7. The minimum absolute atomic E-state index is 0.217. The molecule has 4 rings (SSSR count). The van der Waals surface area contributed by atoms with Crippen molar-refractivity contribution in [1.29, 1.82) is 0 Å². The molecule has 5 nitrogen and oxygen atoms in total. The van der Waals surface area contributed by atoms with Crippen LogP contribution in [0.1, 0.15) is 53.1 Å². The van der Waals surface area contributed by atoms with Crippen LogP contribution in [0.4, 0.5) is 4.39 Å². The van der Waals surface area contributed by atoms with Gasteiger partial charge in [-0.25, -0.2) is 14.0 Å². The molecule has 1 aromatic heterocycles. The molecule has 0 saturated carbocycles. The lowest BCUT2D eigenvalue weighted by atomic mass is 9.98. The van der Waals surface area contributed by atoms with Gasteiger partial charge >= 0.3 is 11.7 Å². The molecule has 0 unspecified atom stereocenters. The molecule has 0 fully saturated rings. The number of alkyl halides is 1. The van der Waals surface area contributed by atoms with E-state index < -0.39 is 12.6 Å². The van der Waals surface area contributed by atoms with E-state index in [9.17, 15) is 19.1 Å². The number of hydrogen-bond acceptors (Lipinski definition) is 2. The number of rotatable bonds is 10. The van der Waals surface area contributed by atoms with Crippen molar-refractivity contribution in [3.05, 3.63) is 117 Å². The van der Waals surface area contributed by atoms with Gasteiger partial charge in [0.15, 0.2) is 0 Å². The predicted molar refractivity (Wildman–Crippen MR) is 140 cm³/mol. The Hall–Kier alpha value is -3.93. The SMILES string of the molecule is CC(C)CCc1c(CF)n(Cc2ccccc2)c(=O)n1Cc1ccc(-c2ccccc2C(=O)O)cc1. The smallest absolute Gasteiger partial charge is 0.336 e. The summed E-state index contributed by atoms with van der Waals surface area (Å²) in [5.41, 5.74) is 4.47. The first-order valence-corrected chi connectivity index (χ1v) is 12.2. The van der Waals surface area contributed by atoms with Crippen LogP contribution in [0.25, 0.3) is 11.1 Å². The number of carbonyl (C=O) groups is 1. The Morgan fingerprint density at radius 1 is 0.833 bits per heavy atom. The molecular weight excluding hydrogens is 455 g/mol. The number of halogens is 1. The molecule has 0 bridgehead atoms.